The number of carbonyl (C=O) groups excluding carboxylic acids is 1. The van der Waals surface area contributed by atoms with E-state index in [-0.39, 0.29) is 23.5 Å². The SMILES string of the molecule is C=CCOC(=O)N1CCC(c2ncc(C(=O)O)s2)CC1. The first-order chi connectivity index (χ1) is 9.61. The maximum absolute atomic E-state index is 11.7. The lowest BCUT2D eigenvalue weighted by atomic mass is 9.98. The number of amides is 1. The van der Waals surface area contributed by atoms with Gasteiger partial charge in [0.2, 0.25) is 0 Å². The Hall–Kier alpha value is -1.89. The molecule has 1 saturated heterocycles. The number of carboxylic acids is 1. The van der Waals surface area contributed by atoms with Crippen LogP contribution in [-0.4, -0.2) is 46.7 Å². The molecule has 0 unspecified atom stereocenters. The predicted octanol–water partition coefficient (Wildman–Crippen LogP) is 2.34. The Morgan fingerprint density at radius 1 is 1.55 bits per heavy atom. The van der Waals surface area contributed by atoms with Crippen LogP contribution in [0.2, 0.25) is 0 Å². The predicted molar refractivity (Wildman–Crippen MR) is 74.2 cm³/mol. The van der Waals surface area contributed by atoms with E-state index in [0.717, 1.165) is 17.8 Å². The average molecular weight is 296 g/mol. The molecule has 1 N–H and O–H groups in total. The van der Waals surface area contributed by atoms with E-state index in [4.69, 9.17) is 9.84 Å². The van der Waals surface area contributed by atoms with Crippen molar-refractivity contribution in [1.29, 1.82) is 0 Å². The number of carbonyl (C=O) groups is 2. The van der Waals surface area contributed by atoms with Crippen LogP contribution in [0, 0.1) is 0 Å². The van der Waals surface area contributed by atoms with E-state index >= 15 is 0 Å². The van der Waals surface area contributed by atoms with Crippen LogP contribution in [0.25, 0.3) is 0 Å². The molecule has 1 fully saturated rings. The molecule has 0 bridgehead atoms. The molecule has 1 aromatic rings. The van der Waals surface area contributed by atoms with Crippen molar-refractivity contribution in [1.82, 2.24) is 9.88 Å². The Labute approximate surface area is 120 Å². The summed E-state index contributed by atoms with van der Waals surface area (Å²) in [4.78, 5) is 28.6. The van der Waals surface area contributed by atoms with Crippen molar-refractivity contribution in [3.05, 3.63) is 28.7 Å². The number of carboxylic acid groups (broad SMARTS) is 1. The monoisotopic (exact) mass is 296 g/mol. The fourth-order valence-corrected chi connectivity index (χ4v) is 3.03. The van der Waals surface area contributed by atoms with Gasteiger partial charge in [0, 0.05) is 19.0 Å². The first-order valence-electron chi connectivity index (χ1n) is 6.33. The summed E-state index contributed by atoms with van der Waals surface area (Å²) in [5.74, 6) is -0.726. The Morgan fingerprint density at radius 3 is 2.80 bits per heavy atom. The summed E-state index contributed by atoms with van der Waals surface area (Å²) in [6, 6.07) is 0. The van der Waals surface area contributed by atoms with E-state index < -0.39 is 5.97 Å². The van der Waals surface area contributed by atoms with Crippen LogP contribution in [0.15, 0.2) is 18.9 Å². The second-order valence-electron chi connectivity index (χ2n) is 4.49. The number of aromatic nitrogens is 1. The largest absolute Gasteiger partial charge is 0.477 e. The first kappa shape index (κ1) is 14.5. The van der Waals surface area contributed by atoms with Gasteiger partial charge in [0.25, 0.3) is 0 Å². The molecule has 0 saturated carbocycles. The number of ether oxygens (including phenoxy) is 1. The van der Waals surface area contributed by atoms with Gasteiger partial charge in [-0.1, -0.05) is 12.7 Å². The van der Waals surface area contributed by atoms with Gasteiger partial charge >= 0.3 is 12.1 Å². The van der Waals surface area contributed by atoms with Gasteiger partial charge in [-0.15, -0.1) is 11.3 Å². The zero-order chi connectivity index (χ0) is 14.5. The highest BCUT2D eigenvalue weighted by Gasteiger charge is 2.26. The standard InChI is InChI=1S/C13H16N2O4S/c1-2-7-19-13(18)15-5-3-9(4-6-15)11-14-8-10(20-11)12(16)17/h2,8-9H,1,3-7H2,(H,16,17). The number of aromatic carboxylic acids is 1. The van der Waals surface area contributed by atoms with Gasteiger partial charge in [-0.3, -0.25) is 0 Å². The smallest absolute Gasteiger partial charge is 0.410 e. The van der Waals surface area contributed by atoms with E-state index in [1.54, 1.807) is 4.90 Å². The number of likely N-dealkylation sites (tertiary alicyclic amines) is 1. The van der Waals surface area contributed by atoms with Crippen molar-refractivity contribution in [2.45, 2.75) is 18.8 Å². The molecule has 6 nitrogen and oxygen atoms in total. The van der Waals surface area contributed by atoms with Crippen molar-refractivity contribution >= 4 is 23.4 Å². The topological polar surface area (TPSA) is 79.7 Å². The van der Waals surface area contributed by atoms with Crippen molar-refractivity contribution in [3.8, 4) is 0 Å². The van der Waals surface area contributed by atoms with Crippen LogP contribution < -0.4 is 0 Å². The molecule has 2 heterocycles. The van der Waals surface area contributed by atoms with Gasteiger partial charge in [-0.05, 0) is 12.8 Å². The molecule has 1 aliphatic rings. The lowest BCUT2D eigenvalue weighted by Crippen LogP contribution is -2.38. The van der Waals surface area contributed by atoms with Gasteiger partial charge in [0.05, 0.1) is 11.2 Å². The quantitative estimate of drug-likeness (QED) is 0.863. The van der Waals surface area contributed by atoms with Crippen LogP contribution in [0.3, 0.4) is 0 Å². The summed E-state index contributed by atoms with van der Waals surface area (Å²) < 4.78 is 4.99. The summed E-state index contributed by atoms with van der Waals surface area (Å²) >= 11 is 1.21. The van der Waals surface area contributed by atoms with E-state index in [0.29, 0.717) is 13.1 Å². The molecular formula is C13H16N2O4S. The van der Waals surface area contributed by atoms with Crippen molar-refractivity contribution in [3.63, 3.8) is 0 Å². The number of piperidine rings is 1. The van der Waals surface area contributed by atoms with Gasteiger partial charge in [-0.25, -0.2) is 14.6 Å². The van der Waals surface area contributed by atoms with Crippen LogP contribution in [0.5, 0.6) is 0 Å². The van der Waals surface area contributed by atoms with Crippen LogP contribution in [-0.2, 0) is 4.74 Å². The number of nitrogens with zero attached hydrogens (tertiary/aromatic N) is 2. The molecule has 108 valence electrons. The number of hydrogen-bond donors (Lipinski definition) is 1. The van der Waals surface area contributed by atoms with Gasteiger partial charge < -0.3 is 14.7 Å². The third kappa shape index (κ3) is 3.36. The fourth-order valence-electron chi connectivity index (χ4n) is 2.11. The van der Waals surface area contributed by atoms with E-state index in [1.807, 2.05) is 0 Å². The minimum absolute atomic E-state index is 0.215. The average Bonchev–Trinajstić information content (AvgIpc) is 2.95. The molecule has 7 heteroatoms. The molecule has 0 atom stereocenters. The third-order valence-electron chi connectivity index (χ3n) is 3.16. The Kier molecular flexibility index (Phi) is 4.73. The summed E-state index contributed by atoms with van der Waals surface area (Å²) in [7, 11) is 0. The molecule has 20 heavy (non-hydrogen) atoms. The molecule has 1 aliphatic heterocycles. The van der Waals surface area contributed by atoms with Crippen LogP contribution in [0.1, 0.15) is 33.4 Å². The Morgan fingerprint density at radius 2 is 2.25 bits per heavy atom. The summed E-state index contributed by atoms with van der Waals surface area (Å²) in [6.07, 6.45) is 4.15. The molecule has 0 aromatic carbocycles. The van der Waals surface area contributed by atoms with Crippen molar-refractivity contribution < 1.29 is 19.4 Å². The van der Waals surface area contributed by atoms with E-state index in [9.17, 15) is 9.59 Å². The minimum Gasteiger partial charge on any atom is -0.477 e. The van der Waals surface area contributed by atoms with Crippen molar-refractivity contribution in [2.24, 2.45) is 0 Å². The summed E-state index contributed by atoms with van der Waals surface area (Å²) in [6.45, 7) is 4.91. The molecule has 0 spiro atoms. The highest BCUT2D eigenvalue weighted by Crippen LogP contribution is 2.31. The van der Waals surface area contributed by atoms with Gasteiger partial charge in [0.15, 0.2) is 0 Å². The minimum atomic E-state index is -0.945. The Balaban J connectivity index is 1.88. The lowest BCUT2D eigenvalue weighted by Gasteiger charge is -2.30. The molecule has 0 radical (unpaired) electrons. The third-order valence-corrected chi connectivity index (χ3v) is 4.31. The molecular weight excluding hydrogens is 280 g/mol. The maximum atomic E-state index is 11.7. The highest BCUT2D eigenvalue weighted by atomic mass is 32.1. The summed E-state index contributed by atoms with van der Waals surface area (Å²) in [5, 5.41) is 9.72. The number of rotatable bonds is 4. The molecule has 0 aliphatic carbocycles. The van der Waals surface area contributed by atoms with Crippen molar-refractivity contribution in [2.75, 3.05) is 19.7 Å². The summed E-state index contributed by atoms with van der Waals surface area (Å²) in [5.41, 5.74) is 0. The number of thiazole rings is 1. The fraction of sp³-hybridized carbons (Fsp3) is 0.462. The van der Waals surface area contributed by atoms with E-state index in [2.05, 4.69) is 11.6 Å². The maximum Gasteiger partial charge on any atom is 0.410 e. The Bertz CT molecular complexity index is 506. The van der Waals surface area contributed by atoms with Crippen LogP contribution >= 0.6 is 11.3 Å². The van der Waals surface area contributed by atoms with Gasteiger partial charge in [0.1, 0.15) is 11.5 Å². The second-order valence-corrected chi connectivity index (χ2v) is 5.56. The number of hydrogen-bond acceptors (Lipinski definition) is 5. The van der Waals surface area contributed by atoms with Crippen LogP contribution in [0.4, 0.5) is 4.79 Å². The zero-order valence-corrected chi connectivity index (χ0v) is 11.8. The second kappa shape index (κ2) is 6.51. The normalized spacial score (nSPS) is 15.9. The lowest BCUT2D eigenvalue weighted by molar-refractivity contribution is 0.0701. The van der Waals surface area contributed by atoms with E-state index in [1.165, 1.54) is 23.6 Å². The van der Waals surface area contributed by atoms with Gasteiger partial charge in [-0.2, -0.15) is 0 Å². The highest BCUT2D eigenvalue weighted by molar-refractivity contribution is 7.13. The molecule has 2 rings (SSSR count). The first-order valence-corrected chi connectivity index (χ1v) is 7.15. The molecule has 1 aromatic heterocycles. The molecule has 1 amide bonds. The zero-order valence-electron chi connectivity index (χ0n) is 10.9.